The number of hydrogen-bond acceptors (Lipinski definition) is 5. The van der Waals surface area contributed by atoms with Crippen LogP contribution in [0.5, 0.6) is 0 Å². The summed E-state index contributed by atoms with van der Waals surface area (Å²) in [6.45, 7) is 2.38. The summed E-state index contributed by atoms with van der Waals surface area (Å²) in [4.78, 5) is 10.9. The first-order chi connectivity index (χ1) is 11.2. The summed E-state index contributed by atoms with van der Waals surface area (Å²) in [5, 5.41) is 0. The van der Waals surface area contributed by atoms with Gasteiger partial charge in [-0.05, 0) is 25.7 Å². The summed E-state index contributed by atoms with van der Waals surface area (Å²) in [6.07, 6.45) is 12.7. The second-order valence-electron chi connectivity index (χ2n) is 6.73. The molecule has 0 aliphatic heterocycles. The second kappa shape index (κ2) is 11.0. The zero-order valence-electron chi connectivity index (χ0n) is 14.5. The molecule has 2 saturated carbocycles. The van der Waals surface area contributed by atoms with Gasteiger partial charge in [-0.2, -0.15) is 0 Å². The van der Waals surface area contributed by atoms with Gasteiger partial charge < -0.3 is 18.9 Å². The first-order valence-electron chi connectivity index (χ1n) is 9.22. The molecule has 23 heavy (non-hydrogen) atoms. The molecular weight excluding hydrogens is 296 g/mol. The molecule has 0 N–H and O–H groups in total. The highest BCUT2D eigenvalue weighted by Crippen LogP contribution is 2.22. The molecule has 0 aromatic heterocycles. The largest absolute Gasteiger partial charge is 0.439 e. The van der Waals surface area contributed by atoms with Crippen molar-refractivity contribution in [3.8, 4) is 0 Å². The van der Waals surface area contributed by atoms with Gasteiger partial charge in [0.1, 0.15) is 6.10 Å². The normalized spacial score (nSPS) is 20.8. The Hall–Kier alpha value is -0.650. The van der Waals surface area contributed by atoms with E-state index in [1.807, 2.05) is 0 Å². The van der Waals surface area contributed by atoms with E-state index in [9.17, 15) is 4.79 Å². The lowest BCUT2D eigenvalue weighted by Gasteiger charge is -2.27. The summed E-state index contributed by atoms with van der Waals surface area (Å²) >= 11 is 0. The van der Waals surface area contributed by atoms with Crippen LogP contribution in [0.3, 0.4) is 0 Å². The van der Waals surface area contributed by atoms with Crippen LogP contribution in [0.2, 0.25) is 0 Å². The van der Waals surface area contributed by atoms with Gasteiger partial charge in [-0.3, -0.25) is 4.79 Å². The Labute approximate surface area is 140 Å². The molecular formula is C18H32O5. The van der Waals surface area contributed by atoms with Crippen molar-refractivity contribution >= 4 is 5.97 Å². The molecule has 2 rings (SSSR count). The Morgan fingerprint density at radius 2 is 1.35 bits per heavy atom. The molecule has 0 atom stereocenters. The van der Waals surface area contributed by atoms with E-state index < -0.39 is 0 Å². The molecule has 0 unspecified atom stereocenters. The van der Waals surface area contributed by atoms with Crippen molar-refractivity contribution < 1.29 is 23.7 Å². The average Bonchev–Trinajstić information content (AvgIpc) is 2.58. The van der Waals surface area contributed by atoms with E-state index in [4.69, 9.17) is 18.9 Å². The van der Waals surface area contributed by atoms with Crippen LogP contribution in [0, 0.1) is 0 Å². The maximum absolute atomic E-state index is 10.9. The maximum atomic E-state index is 10.9. The van der Waals surface area contributed by atoms with Gasteiger partial charge in [-0.25, -0.2) is 0 Å². The highest BCUT2D eigenvalue weighted by molar-refractivity contribution is 5.65. The zero-order valence-corrected chi connectivity index (χ0v) is 14.5. The van der Waals surface area contributed by atoms with Crippen LogP contribution >= 0.6 is 0 Å². The fraction of sp³-hybridized carbons (Fsp3) is 0.944. The lowest BCUT2D eigenvalue weighted by Crippen LogP contribution is -2.32. The van der Waals surface area contributed by atoms with Gasteiger partial charge in [0, 0.05) is 6.92 Å². The summed E-state index contributed by atoms with van der Waals surface area (Å²) in [7, 11) is 0. The van der Waals surface area contributed by atoms with Crippen molar-refractivity contribution in [1.29, 1.82) is 0 Å². The van der Waals surface area contributed by atoms with Crippen LogP contribution in [-0.4, -0.2) is 44.3 Å². The molecule has 0 spiro atoms. The summed E-state index contributed by atoms with van der Waals surface area (Å²) in [5.41, 5.74) is 0. The second-order valence-corrected chi connectivity index (χ2v) is 6.73. The molecule has 0 bridgehead atoms. The fourth-order valence-corrected chi connectivity index (χ4v) is 3.31. The predicted octanol–water partition coefficient (Wildman–Crippen LogP) is 3.59. The van der Waals surface area contributed by atoms with E-state index in [1.54, 1.807) is 0 Å². The van der Waals surface area contributed by atoms with Gasteiger partial charge >= 0.3 is 5.97 Å². The van der Waals surface area contributed by atoms with Crippen molar-refractivity contribution in [2.45, 2.75) is 89.4 Å². The summed E-state index contributed by atoms with van der Waals surface area (Å²) < 4.78 is 22.5. The molecule has 2 aliphatic rings. The Morgan fingerprint density at radius 1 is 0.870 bits per heavy atom. The van der Waals surface area contributed by atoms with E-state index in [2.05, 4.69) is 0 Å². The highest BCUT2D eigenvalue weighted by atomic mass is 16.7. The number of rotatable bonds is 9. The Kier molecular flexibility index (Phi) is 8.94. The minimum atomic E-state index is -0.329. The molecule has 5 nitrogen and oxygen atoms in total. The van der Waals surface area contributed by atoms with E-state index in [0.717, 1.165) is 25.7 Å². The summed E-state index contributed by atoms with van der Waals surface area (Å²) in [5.74, 6) is -0.329. The third-order valence-corrected chi connectivity index (χ3v) is 4.71. The molecule has 0 amide bonds. The molecule has 0 aromatic rings. The molecule has 2 aliphatic carbocycles. The fourth-order valence-electron chi connectivity index (χ4n) is 3.31. The smallest absolute Gasteiger partial charge is 0.304 e. The van der Waals surface area contributed by atoms with Crippen molar-refractivity contribution in [3.63, 3.8) is 0 Å². The van der Waals surface area contributed by atoms with Gasteiger partial charge in [0.25, 0.3) is 0 Å². The van der Waals surface area contributed by atoms with E-state index in [1.165, 1.54) is 45.4 Å². The monoisotopic (exact) mass is 328 g/mol. The first kappa shape index (κ1) is 18.7. The minimum Gasteiger partial charge on any atom is -0.439 e. The van der Waals surface area contributed by atoms with E-state index in [0.29, 0.717) is 25.4 Å². The molecule has 0 saturated heterocycles. The molecule has 0 radical (unpaired) electrons. The average molecular weight is 328 g/mol. The van der Waals surface area contributed by atoms with Crippen LogP contribution in [0.25, 0.3) is 0 Å². The van der Waals surface area contributed by atoms with Crippen LogP contribution < -0.4 is 0 Å². The van der Waals surface area contributed by atoms with Crippen molar-refractivity contribution in [1.82, 2.24) is 0 Å². The molecule has 134 valence electrons. The van der Waals surface area contributed by atoms with Gasteiger partial charge in [0.2, 0.25) is 0 Å². The molecule has 2 fully saturated rings. The number of hydrogen-bond donors (Lipinski definition) is 0. The Balaban J connectivity index is 1.69. The molecule has 5 heteroatoms. The molecule has 0 heterocycles. The third kappa shape index (κ3) is 8.13. The topological polar surface area (TPSA) is 54.0 Å². The van der Waals surface area contributed by atoms with E-state index in [-0.39, 0.29) is 18.9 Å². The van der Waals surface area contributed by atoms with Gasteiger partial charge in [0.15, 0.2) is 6.79 Å². The van der Waals surface area contributed by atoms with Gasteiger partial charge in [-0.15, -0.1) is 0 Å². The Morgan fingerprint density at radius 3 is 1.78 bits per heavy atom. The predicted molar refractivity (Wildman–Crippen MR) is 87.2 cm³/mol. The quantitative estimate of drug-likeness (QED) is 0.478. The minimum absolute atomic E-state index is 0.0257. The number of ether oxygens (including phenoxy) is 4. The van der Waals surface area contributed by atoms with E-state index >= 15 is 0 Å². The zero-order chi connectivity index (χ0) is 16.3. The van der Waals surface area contributed by atoms with Crippen LogP contribution in [0.1, 0.15) is 71.1 Å². The van der Waals surface area contributed by atoms with Crippen molar-refractivity contribution in [2.24, 2.45) is 0 Å². The van der Waals surface area contributed by atoms with Crippen molar-refractivity contribution in [2.75, 3.05) is 20.0 Å². The molecule has 0 aromatic carbocycles. The van der Waals surface area contributed by atoms with Crippen LogP contribution in [-0.2, 0) is 23.7 Å². The lowest BCUT2D eigenvalue weighted by molar-refractivity contribution is -0.170. The first-order valence-corrected chi connectivity index (χ1v) is 9.22. The van der Waals surface area contributed by atoms with Gasteiger partial charge in [0.05, 0.1) is 25.4 Å². The Bertz CT molecular complexity index is 299. The van der Waals surface area contributed by atoms with Gasteiger partial charge in [-0.1, -0.05) is 38.5 Å². The van der Waals surface area contributed by atoms with Crippen LogP contribution in [0.15, 0.2) is 0 Å². The maximum Gasteiger partial charge on any atom is 0.304 e. The number of esters is 1. The summed E-state index contributed by atoms with van der Waals surface area (Å²) in [6, 6.07) is 0. The number of carbonyl (C=O) groups excluding carboxylic acids is 1. The lowest BCUT2D eigenvalue weighted by atomic mass is 9.98. The number of carbonyl (C=O) groups is 1. The highest BCUT2D eigenvalue weighted by Gasteiger charge is 2.20. The third-order valence-electron chi connectivity index (χ3n) is 4.71. The SMILES string of the molecule is CC(=O)OCOC(COC1CCCCC1)COC1CCCCC1. The van der Waals surface area contributed by atoms with Crippen molar-refractivity contribution in [3.05, 3.63) is 0 Å². The van der Waals surface area contributed by atoms with Crippen LogP contribution in [0.4, 0.5) is 0 Å². The standard InChI is InChI=1S/C18H32O5/c1-15(19)22-14-23-18(12-20-16-8-4-2-5-9-16)13-21-17-10-6-3-7-11-17/h16-18H,2-14H2,1H3.